The molecule has 2 aromatic carbocycles. The standard InChI is InChI=1S/C22H30N2O3S/c1-16(2)20-9-6-7-10-21(20)23-22(25)11-8-14-24(28(5,26)27)19-13-12-17(3)18(4)15-19/h6-7,9-10,12-13,15-16H,8,11,14H2,1-5H3,(H,23,25). The number of nitrogens with one attached hydrogen (secondary N) is 1. The summed E-state index contributed by atoms with van der Waals surface area (Å²) < 4.78 is 25.8. The second-order valence-corrected chi connectivity index (χ2v) is 9.40. The molecule has 0 bridgehead atoms. The fourth-order valence-corrected chi connectivity index (χ4v) is 4.03. The van der Waals surface area contributed by atoms with Gasteiger partial charge < -0.3 is 5.32 Å². The first-order valence-corrected chi connectivity index (χ1v) is 11.4. The number of hydrogen-bond donors (Lipinski definition) is 1. The van der Waals surface area contributed by atoms with Gasteiger partial charge in [0.1, 0.15) is 0 Å². The van der Waals surface area contributed by atoms with Crippen LogP contribution in [0, 0.1) is 13.8 Å². The lowest BCUT2D eigenvalue weighted by atomic mass is 10.0. The lowest BCUT2D eigenvalue weighted by molar-refractivity contribution is -0.116. The molecule has 28 heavy (non-hydrogen) atoms. The van der Waals surface area contributed by atoms with E-state index in [0.717, 1.165) is 22.4 Å². The van der Waals surface area contributed by atoms with Gasteiger partial charge in [-0.2, -0.15) is 0 Å². The van der Waals surface area contributed by atoms with E-state index in [1.165, 1.54) is 10.6 Å². The second-order valence-electron chi connectivity index (χ2n) is 7.50. The van der Waals surface area contributed by atoms with Crippen molar-refractivity contribution in [3.8, 4) is 0 Å². The normalized spacial score (nSPS) is 11.5. The second kappa shape index (κ2) is 9.24. The van der Waals surface area contributed by atoms with Crippen molar-refractivity contribution in [3.05, 3.63) is 59.2 Å². The summed E-state index contributed by atoms with van der Waals surface area (Å²) in [7, 11) is -3.42. The third-order valence-corrected chi connectivity index (χ3v) is 5.99. The van der Waals surface area contributed by atoms with Gasteiger partial charge in [0.15, 0.2) is 0 Å². The molecule has 0 heterocycles. The van der Waals surface area contributed by atoms with Gasteiger partial charge >= 0.3 is 0 Å². The Labute approximate surface area is 168 Å². The quantitative estimate of drug-likeness (QED) is 0.701. The number of hydrogen-bond acceptors (Lipinski definition) is 3. The summed E-state index contributed by atoms with van der Waals surface area (Å²) in [5, 5.41) is 2.95. The van der Waals surface area contributed by atoms with Gasteiger partial charge in [-0.1, -0.05) is 38.1 Å². The molecule has 1 amide bonds. The minimum absolute atomic E-state index is 0.110. The van der Waals surface area contributed by atoms with Crippen molar-refractivity contribution in [2.24, 2.45) is 0 Å². The number of sulfonamides is 1. The van der Waals surface area contributed by atoms with Crippen molar-refractivity contribution < 1.29 is 13.2 Å². The smallest absolute Gasteiger partial charge is 0.232 e. The molecule has 0 aliphatic rings. The third-order valence-electron chi connectivity index (χ3n) is 4.80. The van der Waals surface area contributed by atoms with Crippen LogP contribution in [0.4, 0.5) is 11.4 Å². The first-order valence-electron chi connectivity index (χ1n) is 9.53. The van der Waals surface area contributed by atoms with Crippen LogP contribution in [0.5, 0.6) is 0 Å². The van der Waals surface area contributed by atoms with Gasteiger partial charge in [-0.25, -0.2) is 8.42 Å². The summed E-state index contributed by atoms with van der Waals surface area (Å²) in [6.07, 6.45) is 1.89. The Morgan fingerprint density at radius 3 is 2.36 bits per heavy atom. The first-order chi connectivity index (χ1) is 13.1. The highest BCUT2D eigenvalue weighted by Gasteiger charge is 2.18. The molecule has 0 saturated carbocycles. The Hall–Kier alpha value is -2.34. The van der Waals surface area contributed by atoms with E-state index in [0.29, 0.717) is 18.0 Å². The maximum absolute atomic E-state index is 12.4. The van der Waals surface area contributed by atoms with Crippen molar-refractivity contribution in [3.63, 3.8) is 0 Å². The molecule has 0 saturated heterocycles. The zero-order valence-electron chi connectivity index (χ0n) is 17.3. The average molecular weight is 403 g/mol. The van der Waals surface area contributed by atoms with Crippen LogP contribution in [0.2, 0.25) is 0 Å². The van der Waals surface area contributed by atoms with Gasteiger partial charge in [-0.3, -0.25) is 9.10 Å². The molecular weight excluding hydrogens is 372 g/mol. The predicted octanol–water partition coefficient (Wildman–Crippen LogP) is 4.61. The average Bonchev–Trinajstić information content (AvgIpc) is 2.60. The Morgan fingerprint density at radius 2 is 1.75 bits per heavy atom. The van der Waals surface area contributed by atoms with Crippen LogP contribution in [0.1, 0.15) is 49.3 Å². The summed E-state index contributed by atoms with van der Waals surface area (Å²) in [4.78, 5) is 12.4. The molecule has 0 aliphatic carbocycles. The Balaban J connectivity index is 2.03. The highest BCUT2D eigenvalue weighted by Crippen LogP contribution is 2.24. The predicted molar refractivity (Wildman–Crippen MR) is 117 cm³/mol. The number of amides is 1. The number of carbonyl (C=O) groups excluding carboxylic acids is 1. The maximum Gasteiger partial charge on any atom is 0.232 e. The largest absolute Gasteiger partial charge is 0.326 e. The van der Waals surface area contributed by atoms with Gasteiger partial charge in [0, 0.05) is 18.7 Å². The summed E-state index contributed by atoms with van der Waals surface area (Å²) in [6.45, 7) is 8.37. The van der Waals surface area contributed by atoms with Crippen LogP contribution in [-0.4, -0.2) is 27.1 Å². The van der Waals surface area contributed by atoms with E-state index in [4.69, 9.17) is 0 Å². The number of nitrogens with zero attached hydrogens (tertiary/aromatic N) is 1. The van der Waals surface area contributed by atoms with Crippen molar-refractivity contribution >= 4 is 27.3 Å². The monoisotopic (exact) mass is 402 g/mol. The van der Waals surface area contributed by atoms with Crippen LogP contribution in [0.15, 0.2) is 42.5 Å². The van der Waals surface area contributed by atoms with E-state index in [2.05, 4.69) is 19.2 Å². The Morgan fingerprint density at radius 1 is 1.07 bits per heavy atom. The van der Waals surface area contributed by atoms with Crippen LogP contribution in [0.3, 0.4) is 0 Å². The fraction of sp³-hybridized carbons (Fsp3) is 0.409. The number of rotatable bonds is 8. The van der Waals surface area contributed by atoms with Crippen molar-refractivity contribution in [1.82, 2.24) is 0 Å². The molecule has 5 nitrogen and oxygen atoms in total. The maximum atomic E-state index is 12.4. The molecule has 0 aliphatic heterocycles. The Bertz CT molecular complexity index is 937. The highest BCUT2D eigenvalue weighted by atomic mass is 32.2. The number of benzene rings is 2. The molecule has 0 fully saturated rings. The summed E-state index contributed by atoms with van der Waals surface area (Å²) >= 11 is 0. The minimum atomic E-state index is -3.42. The van der Waals surface area contributed by atoms with E-state index in [1.54, 1.807) is 0 Å². The molecule has 0 aromatic heterocycles. The first kappa shape index (κ1) is 22.0. The summed E-state index contributed by atoms with van der Waals surface area (Å²) in [6, 6.07) is 13.3. The van der Waals surface area contributed by atoms with E-state index in [-0.39, 0.29) is 18.9 Å². The van der Waals surface area contributed by atoms with Gasteiger partial charge in [0.2, 0.25) is 15.9 Å². The molecule has 1 N–H and O–H groups in total. The lowest BCUT2D eigenvalue weighted by Gasteiger charge is -2.23. The zero-order valence-corrected chi connectivity index (χ0v) is 18.1. The van der Waals surface area contributed by atoms with Gasteiger partial charge in [-0.15, -0.1) is 0 Å². The molecule has 0 radical (unpaired) electrons. The fourth-order valence-electron chi connectivity index (χ4n) is 3.08. The zero-order chi connectivity index (χ0) is 20.9. The Kier molecular flexibility index (Phi) is 7.24. The summed E-state index contributed by atoms with van der Waals surface area (Å²) in [5.74, 6) is 0.198. The van der Waals surface area contributed by atoms with Gasteiger partial charge in [0.05, 0.1) is 11.9 Å². The van der Waals surface area contributed by atoms with Crippen molar-refractivity contribution in [2.75, 3.05) is 22.4 Å². The van der Waals surface area contributed by atoms with E-state index in [9.17, 15) is 13.2 Å². The van der Waals surface area contributed by atoms with E-state index >= 15 is 0 Å². The van der Waals surface area contributed by atoms with Crippen LogP contribution < -0.4 is 9.62 Å². The molecule has 0 spiro atoms. The molecule has 2 aromatic rings. The number of para-hydroxylation sites is 1. The highest BCUT2D eigenvalue weighted by molar-refractivity contribution is 7.92. The van der Waals surface area contributed by atoms with Crippen LogP contribution in [-0.2, 0) is 14.8 Å². The molecule has 2 rings (SSSR count). The molecular formula is C22H30N2O3S. The number of aryl methyl sites for hydroxylation is 2. The third kappa shape index (κ3) is 5.83. The van der Waals surface area contributed by atoms with Crippen LogP contribution >= 0.6 is 0 Å². The van der Waals surface area contributed by atoms with Crippen molar-refractivity contribution in [1.29, 1.82) is 0 Å². The molecule has 0 unspecified atom stereocenters. The molecule has 6 heteroatoms. The lowest BCUT2D eigenvalue weighted by Crippen LogP contribution is -2.31. The summed E-state index contributed by atoms with van der Waals surface area (Å²) in [5.41, 5.74) is 4.69. The topological polar surface area (TPSA) is 66.5 Å². The van der Waals surface area contributed by atoms with E-state index in [1.807, 2.05) is 56.3 Å². The molecule has 0 atom stereocenters. The molecule has 152 valence electrons. The number of carbonyl (C=O) groups is 1. The van der Waals surface area contributed by atoms with Gasteiger partial charge in [0.25, 0.3) is 0 Å². The minimum Gasteiger partial charge on any atom is -0.326 e. The van der Waals surface area contributed by atoms with Crippen molar-refractivity contribution in [2.45, 2.75) is 46.5 Å². The SMILES string of the molecule is Cc1ccc(N(CCCC(=O)Nc2ccccc2C(C)C)S(C)(=O)=O)cc1C. The van der Waals surface area contributed by atoms with E-state index < -0.39 is 10.0 Å². The van der Waals surface area contributed by atoms with Crippen LogP contribution in [0.25, 0.3) is 0 Å². The van der Waals surface area contributed by atoms with Gasteiger partial charge in [-0.05, 0) is 61.1 Å². The number of anilines is 2.